The molecule has 13 heteroatoms. The average Bonchev–Trinajstić information content (AvgIpc) is 2.80. The number of hydrogen-bond acceptors (Lipinski definition) is 8. The average molecular weight is 490 g/mol. The fourth-order valence-electron chi connectivity index (χ4n) is 3.66. The number of halogens is 3. The Morgan fingerprint density at radius 1 is 1.24 bits per heavy atom. The lowest BCUT2D eigenvalue weighted by Gasteiger charge is -2.35. The standard InChI is InChI=1S/C21H34F3N7O3/c1-4-29-8-10-30(11-9-29)18-12-17(21(22,23)24)25-20(26-18)28-27-19(33)16(13-31(34)14-32)7-5-6-15(2)3/h12,14-16,34H,4-11,13H2,1-3H3,(H,27,33)(H,25,26,28)/t16-/m1/s1. The summed E-state index contributed by atoms with van der Waals surface area (Å²) >= 11 is 0. The third kappa shape index (κ3) is 8.60. The zero-order valence-corrected chi connectivity index (χ0v) is 19.8. The first kappa shape index (κ1) is 27.6. The highest BCUT2D eigenvalue weighted by atomic mass is 19.4. The topological polar surface area (TPSA) is 114 Å². The van der Waals surface area contributed by atoms with E-state index in [-0.39, 0.29) is 18.8 Å². The van der Waals surface area contributed by atoms with Crippen LogP contribution >= 0.6 is 0 Å². The Balaban J connectivity index is 2.13. The monoisotopic (exact) mass is 489 g/mol. The van der Waals surface area contributed by atoms with Crippen LogP contribution in [0.3, 0.4) is 0 Å². The van der Waals surface area contributed by atoms with E-state index in [9.17, 15) is 28.0 Å². The van der Waals surface area contributed by atoms with Gasteiger partial charge in [0.15, 0.2) is 5.69 Å². The molecule has 1 aliphatic rings. The van der Waals surface area contributed by atoms with Gasteiger partial charge < -0.3 is 9.80 Å². The molecule has 0 bridgehead atoms. The van der Waals surface area contributed by atoms with E-state index in [0.29, 0.717) is 50.0 Å². The van der Waals surface area contributed by atoms with Gasteiger partial charge in [-0.15, -0.1) is 0 Å². The maximum atomic E-state index is 13.4. The number of carbonyl (C=O) groups excluding carboxylic acids is 2. The predicted octanol–water partition coefficient (Wildman–Crippen LogP) is 2.37. The molecular formula is C21H34F3N7O3. The van der Waals surface area contributed by atoms with Gasteiger partial charge in [0.2, 0.25) is 18.3 Å². The second-order valence-corrected chi connectivity index (χ2v) is 8.72. The lowest BCUT2D eigenvalue weighted by Crippen LogP contribution is -2.46. The molecule has 0 aromatic carbocycles. The molecule has 1 fully saturated rings. The number of amides is 2. The van der Waals surface area contributed by atoms with Crippen molar-refractivity contribution in [1.29, 1.82) is 0 Å². The van der Waals surface area contributed by atoms with Gasteiger partial charge in [0.1, 0.15) is 5.82 Å². The van der Waals surface area contributed by atoms with Crippen LogP contribution in [-0.4, -0.2) is 76.7 Å². The fraction of sp³-hybridized carbons (Fsp3) is 0.714. The van der Waals surface area contributed by atoms with Crippen LogP contribution in [0.25, 0.3) is 0 Å². The second-order valence-electron chi connectivity index (χ2n) is 8.72. The quantitative estimate of drug-likeness (QED) is 0.233. The number of hydrogen-bond donors (Lipinski definition) is 3. The molecule has 0 spiro atoms. The van der Waals surface area contributed by atoms with E-state index in [0.717, 1.165) is 19.0 Å². The molecule has 192 valence electrons. The predicted molar refractivity (Wildman–Crippen MR) is 120 cm³/mol. The lowest BCUT2D eigenvalue weighted by molar-refractivity contribution is -0.154. The van der Waals surface area contributed by atoms with E-state index < -0.39 is 29.6 Å². The molecule has 1 aliphatic heterocycles. The van der Waals surface area contributed by atoms with Gasteiger partial charge in [-0.05, 0) is 18.9 Å². The summed E-state index contributed by atoms with van der Waals surface area (Å²) in [5, 5.41) is 9.89. The highest BCUT2D eigenvalue weighted by Crippen LogP contribution is 2.30. The van der Waals surface area contributed by atoms with E-state index in [1.807, 2.05) is 20.8 Å². The number of aromatic nitrogens is 2. The van der Waals surface area contributed by atoms with Gasteiger partial charge in [-0.2, -0.15) is 18.2 Å². The zero-order valence-electron chi connectivity index (χ0n) is 19.8. The first-order chi connectivity index (χ1) is 16.0. The molecule has 3 N–H and O–H groups in total. The summed E-state index contributed by atoms with van der Waals surface area (Å²) < 4.78 is 40.3. The third-order valence-corrected chi connectivity index (χ3v) is 5.68. The van der Waals surface area contributed by atoms with Gasteiger partial charge in [0.05, 0.1) is 12.5 Å². The number of likely N-dealkylation sites (N-methyl/N-ethyl adjacent to an activating group) is 1. The molecule has 2 amide bonds. The Bertz CT molecular complexity index is 802. The number of hydrazine groups is 1. The Morgan fingerprint density at radius 2 is 1.91 bits per heavy atom. The molecule has 0 radical (unpaired) electrons. The maximum Gasteiger partial charge on any atom is 0.433 e. The summed E-state index contributed by atoms with van der Waals surface area (Å²) in [5.41, 5.74) is 3.59. The molecule has 2 heterocycles. The molecule has 0 saturated carbocycles. The van der Waals surface area contributed by atoms with Gasteiger partial charge in [-0.1, -0.05) is 33.6 Å². The van der Waals surface area contributed by atoms with Crippen LogP contribution in [0.5, 0.6) is 0 Å². The summed E-state index contributed by atoms with van der Waals surface area (Å²) in [6.45, 7) is 9.14. The fourth-order valence-corrected chi connectivity index (χ4v) is 3.66. The molecule has 2 rings (SSSR count). The smallest absolute Gasteiger partial charge is 0.354 e. The molecule has 0 aliphatic carbocycles. The van der Waals surface area contributed by atoms with Gasteiger partial charge in [-0.25, -0.2) is 10.0 Å². The summed E-state index contributed by atoms with van der Waals surface area (Å²) in [7, 11) is 0. The Morgan fingerprint density at radius 3 is 2.47 bits per heavy atom. The molecule has 1 aromatic heterocycles. The summed E-state index contributed by atoms with van der Waals surface area (Å²) in [6.07, 6.45) is -2.60. The number of nitrogens with zero attached hydrogens (tertiary/aromatic N) is 5. The van der Waals surface area contributed by atoms with Crippen LogP contribution in [0.1, 0.15) is 45.7 Å². The molecule has 34 heavy (non-hydrogen) atoms. The molecule has 10 nitrogen and oxygen atoms in total. The van der Waals surface area contributed by atoms with E-state index >= 15 is 0 Å². The number of rotatable bonds is 12. The largest absolute Gasteiger partial charge is 0.433 e. The number of alkyl halides is 3. The van der Waals surface area contributed by atoms with Crippen LogP contribution in [-0.2, 0) is 15.8 Å². The normalized spacial score (nSPS) is 15.8. The van der Waals surface area contributed by atoms with Crippen molar-refractivity contribution in [2.24, 2.45) is 11.8 Å². The van der Waals surface area contributed by atoms with Crippen LogP contribution in [0, 0.1) is 11.8 Å². The van der Waals surface area contributed by atoms with Crippen molar-refractivity contribution in [3.8, 4) is 0 Å². The number of carbonyl (C=O) groups is 2. The highest BCUT2D eigenvalue weighted by Gasteiger charge is 2.34. The lowest BCUT2D eigenvalue weighted by atomic mass is 9.97. The number of piperazine rings is 1. The van der Waals surface area contributed by atoms with Crippen molar-refractivity contribution in [2.45, 2.75) is 46.2 Å². The Hall–Kier alpha value is -2.67. The van der Waals surface area contributed by atoms with Crippen LogP contribution in [0.4, 0.5) is 24.9 Å². The summed E-state index contributed by atoms with van der Waals surface area (Å²) in [4.78, 5) is 35.1. The van der Waals surface area contributed by atoms with Crippen molar-refractivity contribution in [2.75, 3.05) is 49.6 Å². The van der Waals surface area contributed by atoms with Crippen LogP contribution in [0.15, 0.2) is 6.07 Å². The van der Waals surface area contributed by atoms with Crippen molar-refractivity contribution in [1.82, 2.24) is 25.4 Å². The second kappa shape index (κ2) is 12.7. The minimum absolute atomic E-state index is 0.116. The first-order valence-corrected chi connectivity index (χ1v) is 11.4. The summed E-state index contributed by atoms with van der Waals surface area (Å²) in [6, 6.07) is 0.900. The van der Waals surface area contributed by atoms with E-state index in [2.05, 4.69) is 25.7 Å². The van der Waals surface area contributed by atoms with Gasteiger partial charge in [0.25, 0.3) is 0 Å². The highest BCUT2D eigenvalue weighted by molar-refractivity contribution is 5.80. The van der Waals surface area contributed by atoms with E-state index in [4.69, 9.17) is 0 Å². The molecule has 0 unspecified atom stereocenters. The molecule has 1 atom stereocenters. The first-order valence-electron chi connectivity index (χ1n) is 11.4. The molecule has 1 saturated heterocycles. The van der Waals surface area contributed by atoms with Gasteiger partial charge in [0, 0.05) is 32.2 Å². The van der Waals surface area contributed by atoms with Crippen molar-refractivity contribution < 1.29 is 28.0 Å². The summed E-state index contributed by atoms with van der Waals surface area (Å²) in [5.74, 6) is -1.23. The number of nitrogens with one attached hydrogen (secondary N) is 2. The van der Waals surface area contributed by atoms with Gasteiger partial charge in [-0.3, -0.25) is 25.6 Å². The Labute approximate surface area is 197 Å². The van der Waals surface area contributed by atoms with Gasteiger partial charge >= 0.3 is 6.18 Å². The zero-order chi connectivity index (χ0) is 25.3. The van der Waals surface area contributed by atoms with E-state index in [1.54, 1.807) is 4.90 Å². The van der Waals surface area contributed by atoms with Crippen LogP contribution < -0.4 is 15.8 Å². The Kier molecular flexibility index (Phi) is 10.3. The van der Waals surface area contributed by atoms with Crippen molar-refractivity contribution in [3.63, 3.8) is 0 Å². The minimum Gasteiger partial charge on any atom is -0.354 e. The van der Waals surface area contributed by atoms with Crippen LogP contribution in [0.2, 0.25) is 0 Å². The SMILES string of the molecule is CCN1CCN(c2cc(C(F)(F)F)nc(NNC(=O)[C@H](CCCC(C)C)CN(O)C=O)n2)CC1. The maximum absolute atomic E-state index is 13.4. The minimum atomic E-state index is -4.69. The third-order valence-electron chi connectivity index (χ3n) is 5.68. The molecular weight excluding hydrogens is 455 g/mol. The number of anilines is 2. The van der Waals surface area contributed by atoms with Crippen molar-refractivity contribution >= 4 is 24.1 Å². The van der Waals surface area contributed by atoms with Crippen molar-refractivity contribution in [3.05, 3.63) is 11.8 Å². The number of hydroxylamine groups is 2. The molecule has 1 aromatic rings. The van der Waals surface area contributed by atoms with E-state index in [1.165, 1.54) is 0 Å².